The van der Waals surface area contributed by atoms with E-state index in [0.717, 1.165) is 24.1 Å². The molecule has 3 aromatic rings. The molecule has 8 nitrogen and oxygen atoms in total. The van der Waals surface area contributed by atoms with Gasteiger partial charge in [-0.15, -0.1) is 0 Å². The van der Waals surface area contributed by atoms with Crippen LogP contribution in [0.2, 0.25) is 5.02 Å². The maximum Gasteiger partial charge on any atom is 0.252 e. The van der Waals surface area contributed by atoms with E-state index in [4.69, 9.17) is 16.6 Å². The number of halogens is 1. The Bertz CT molecular complexity index is 1140. The molecule has 1 aliphatic rings. The van der Waals surface area contributed by atoms with Gasteiger partial charge in [-0.2, -0.15) is 0 Å². The fourth-order valence-corrected chi connectivity index (χ4v) is 3.97. The van der Waals surface area contributed by atoms with Crippen molar-refractivity contribution in [2.24, 2.45) is 0 Å². The molecule has 4 rings (SSSR count). The SMILES string of the molecule is O=C(NCCC(=O)N1CCC[C@@H]1c1ccnc(-c2cccc(Cl)c2)n1)c1cncc(O)c1. The normalized spacial score (nSPS) is 15.5. The predicted octanol–water partition coefficient (Wildman–Crippen LogP) is 3.38. The van der Waals surface area contributed by atoms with Crippen LogP contribution in [0.4, 0.5) is 0 Å². The fraction of sp³-hybridized carbons (Fsp3) is 0.261. The number of hydrogen-bond donors (Lipinski definition) is 2. The highest BCUT2D eigenvalue weighted by Gasteiger charge is 2.31. The molecule has 1 aliphatic heterocycles. The van der Waals surface area contributed by atoms with Gasteiger partial charge in [0.25, 0.3) is 5.91 Å². The third kappa shape index (κ3) is 5.03. The summed E-state index contributed by atoms with van der Waals surface area (Å²) in [7, 11) is 0. The number of pyridine rings is 1. The highest BCUT2D eigenvalue weighted by molar-refractivity contribution is 6.30. The van der Waals surface area contributed by atoms with Crippen LogP contribution in [0, 0.1) is 0 Å². The number of nitrogens with one attached hydrogen (secondary N) is 1. The Morgan fingerprint density at radius 2 is 2.09 bits per heavy atom. The van der Waals surface area contributed by atoms with E-state index in [1.807, 2.05) is 29.2 Å². The number of aromatic hydroxyl groups is 1. The lowest BCUT2D eigenvalue weighted by atomic mass is 10.1. The van der Waals surface area contributed by atoms with Crippen molar-refractivity contribution in [3.05, 3.63) is 71.3 Å². The van der Waals surface area contributed by atoms with Crippen molar-refractivity contribution < 1.29 is 14.7 Å². The van der Waals surface area contributed by atoms with Crippen molar-refractivity contribution in [1.29, 1.82) is 0 Å². The zero-order valence-electron chi connectivity index (χ0n) is 17.2. The van der Waals surface area contributed by atoms with Crippen LogP contribution in [0.25, 0.3) is 11.4 Å². The van der Waals surface area contributed by atoms with Gasteiger partial charge in [0.15, 0.2) is 5.82 Å². The molecule has 1 saturated heterocycles. The van der Waals surface area contributed by atoms with Gasteiger partial charge in [0.05, 0.1) is 23.5 Å². The molecule has 0 unspecified atom stereocenters. The summed E-state index contributed by atoms with van der Waals surface area (Å²) in [5, 5.41) is 12.7. The fourth-order valence-electron chi connectivity index (χ4n) is 3.78. The standard InChI is InChI=1S/C23H22ClN5O3/c24-17-4-1-3-15(11-17)22-26-8-6-19(28-22)20-5-2-10-29(20)21(31)7-9-27-23(32)16-12-18(30)14-25-13-16/h1,3-4,6,8,11-14,20,30H,2,5,7,9-10H2,(H,27,32)/t20-/m1/s1. The van der Waals surface area contributed by atoms with Gasteiger partial charge in [-0.25, -0.2) is 9.97 Å². The first-order valence-electron chi connectivity index (χ1n) is 10.3. The molecule has 2 N–H and O–H groups in total. The first-order chi connectivity index (χ1) is 15.5. The van der Waals surface area contributed by atoms with E-state index in [9.17, 15) is 14.7 Å². The van der Waals surface area contributed by atoms with Gasteiger partial charge in [-0.05, 0) is 37.1 Å². The molecular formula is C23H22ClN5O3. The lowest BCUT2D eigenvalue weighted by Crippen LogP contribution is -2.34. The van der Waals surface area contributed by atoms with Crippen LogP contribution in [-0.4, -0.2) is 49.9 Å². The van der Waals surface area contributed by atoms with Crippen LogP contribution in [0.5, 0.6) is 5.75 Å². The van der Waals surface area contributed by atoms with Gasteiger partial charge in [0.2, 0.25) is 5.91 Å². The van der Waals surface area contributed by atoms with Crippen LogP contribution >= 0.6 is 11.6 Å². The van der Waals surface area contributed by atoms with Crippen molar-refractivity contribution in [3.8, 4) is 17.1 Å². The second-order valence-corrected chi connectivity index (χ2v) is 7.93. The van der Waals surface area contributed by atoms with E-state index >= 15 is 0 Å². The third-order valence-corrected chi connectivity index (χ3v) is 5.52. The number of carbonyl (C=O) groups is 2. The number of amides is 2. The summed E-state index contributed by atoms with van der Waals surface area (Å²) in [6.45, 7) is 0.832. The largest absolute Gasteiger partial charge is 0.506 e. The van der Waals surface area contributed by atoms with Gasteiger partial charge in [-0.1, -0.05) is 23.7 Å². The van der Waals surface area contributed by atoms with Gasteiger partial charge in [0.1, 0.15) is 5.75 Å². The number of aromatic nitrogens is 3. The van der Waals surface area contributed by atoms with Crippen LogP contribution in [0.1, 0.15) is 41.4 Å². The van der Waals surface area contributed by atoms with Crippen molar-refractivity contribution in [2.75, 3.05) is 13.1 Å². The number of likely N-dealkylation sites (tertiary alicyclic amines) is 1. The van der Waals surface area contributed by atoms with E-state index in [1.165, 1.54) is 18.5 Å². The predicted molar refractivity (Wildman–Crippen MR) is 119 cm³/mol. The number of nitrogens with zero attached hydrogens (tertiary/aromatic N) is 4. The lowest BCUT2D eigenvalue weighted by molar-refractivity contribution is -0.132. The third-order valence-electron chi connectivity index (χ3n) is 5.28. The lowest BCUT2D eigenvalue weighted by Gasteiger charge is -2.24. The molecule has 1 aromatic carbocycles. The summed E-state index contributed by atoms with van der Waals surface area (Å²) in [5.41, 5.74) is 1.85. The molecule has 0 bridgehead atoms. The van der Waals surface area contributed by atoms with Gasteiger partial charge in [-0.3, -0.25) is 14.6 Å². The molecule has 2 aromatic heterocycles. The molecule has 0 saturated carbocycles. The molecule has 0 spiro atoms. The monoisotopic (exact) mass is 451 g/mol. The Morgan fingerprint density at radius 3 is 2.91 bits per heavy atom. The number of benzene rings is 1. The highest BCUT2D eigenvalue weighted by atomic mass is 35.5. The van der Waals surface area contributed by atoms with E-state index in [2.05, 4.69) is 15.3 Å². The topological polar surface area (TPSA) is 108 Å². The van der Waals surface area contributed by atoms with Crippen molar-refractivity contribution >= 4 is 23.4 Å². The summed E-state index contributed by atoms with van der Waals surface area (Å²) in [6.07, 6.45) is 6.18. The van der Waals surface area contributed by atoms with Crippen molar-refractivity contribution in [3.63, 3.8) is 0 Å². The summed E-state index contributed by atoms with van der Waals surface area (Å²) >= 11 is 6.09. The molecule has 164 valence electrons. The second-order valence-electron chi connectivity index (χ2n) is 7.50. The van der Waals surface area contributed by atoms with Crippen LogP contribution in [0.3, 0.4) is 0 Å². The minimum Gasteiger partial charge on any atom is -0.506 e. The number of rotatable bonds is 6. The van der Waals surface area contributed by atoms with E-state index < -0.39 is 0 Å². The molecule has 3 heterocycles. The first-order valence-corrected chi connectivity index (χ1v) is 10.7. The molecule has 0 radical (unpaired) electrons. The average molecular weight is 452 g/mol. The van der Waals surface area contributed by atoms with Crippen LogP contribution in [0.15, 0.2) is 55.0 Å². The molecular weight excluding hydrogens is 430 g/mol. The first kappa shape index (κ1) is 21.7. The summed E-state index contributed by atoms with van der Waals surface area (Å²) in [4.78, 5) is 39.7. The van der Waals surface area contributed by atoms with Gasteiger partial charge < -0.3 is 15.3 Å². The maximum atomic E-state index is 12.9. The number of hydrogen-bond acceptors (Lipinski definition) is 6. The number of carbonyl (C=O) groups excluding carboxylic acids is 2. The molecule has 1 atom stereocenters. The molecule has 1 fully saturated rings. The van der Waals surface area contributed by atoms with Gasteiger partial charge >= 0.3 is 0 Å². The van der Waals surface area contributed by atoms with E-state index in [0.29, 0.717) is 17.4 Å². The smallest absolute Gasteiger partial charge is 0.252 e. The minimum absolute atomic E-state index is 0.0512. The summed E-state index contributed by atoms with van der Waals surface area (Å²) < 4.78 is 0. The van der Waals surface area contributed by atoms with Crippen LogP contribution < -0.4 is 5.32 Å². The molecule has 0 aliphatic carbocycles. The Balaban J connectivity index is 1.39. The quantitative estimate of drug-likeness (QED) is 0.594. The Morgan fingerprint density at radius 1 is 1.22 bits per heavy atom. The Labute approximate surface area is 190 Å². The zero-order valence-corrected chi connectivity index (χ0v) is 18.0. The van der Waals surface area contributed by atoms with E-state index in [-0.39, 0.29) is 42.1 Å². The highest BCUT2D eigenvalue weighted by Crippen LogP contribution is 2.32. The van der Waals surface area contributed by atoms with E-state index in [1.54, 1.807) is 12.3 Å². The van der Waals surface area contributed by atoms with Crippen molar-refractivity contribution in [2.45, 2.75) is 25.3 Å². The zero-order chi connectivity index (χ0) is 22.5. The Kier molecular flexibility index (Phi) is 6.61. The van der Waals surface area contributed by atoms with Gasteiger partial charge in [0, 0.05) is 42.5 Å². The minimum atomic E-state index is -0.388. The van der Waals surface area contributed by atoms with Crippen LogP contribution in [-0.2, 0) is 4.79 Å². The second kappa shape index (κ2) is 9.74. The molecule has 2 amide bonds. The molecule has 32 heavy (non-hydrogen) atoms. The maximum absolute atomic E-state index is 12.9. The summed E-state index contributed by atoms with van der Waals surface area (Å²) in [5.74, 6) is 0.0396. The molecule has 9 heteroatoms. The summed E-state index contributed by atoms with van der Waals surface area (Å²) in [6, 6.07) is 10.4. The Hall–Kier alpha value is -3.52. The average Bonchev–Trinajstić information content (AvgIpc) is 3.29. The van der Waals surface area contributed by atoms with Crippen molar-refractivity contribution in [1.82, 2.24) is 25.2 Å².